The lowest BCUT2D eigenvalue weighted by molar-refractivity contribution is 0.150. The minimum atomic E-state index is -0.207. The number of carbonyl (C=O) groups excluding carboxylic acids is 1. The Balaban J connectivity index is 2.46. The second-order valence-electron chi connectivity index (χ2n) is 4.88. The predicted molar refractivity (Wildman–Crippen MR) is 86.7 cm³/mol. The molecule has 1 rings (SSSR count). The largest absolute Gasteiger partial charge is 0.380 e. The van der Waals surface area contributed by atoms with Gasteiger partial charge in [-0.2, -0.15) is 0 Å². The van der Waals surface area contributed by atoms with Gasteiger partial charge < -0.3 is 20.7 Å². The molecule has 0 aliphatic carbocycles. The fourth-order valence-electron chi connectivity index (χ4n) is 1.92. The van der Waals surface area contributed by atoms with E-state index in [1.807, 2.05) is 25.1 Å². The lowest BCUT2D eigenvalue weighted by atomic mass is 10.1. The van der Waals surface area contributed by atoms with Gasteiger partial charge >= 0.3 is 6.03 Å². The van der Waals surface area contributed by atoms with E-state index in [1.165, 1.54) is 0 Å². The molecular weight excluding hydrogens is 266 g/mol. The average Bonchev–Trinajstić information content (AvgIpc) is 2.49. The second-order valence-corrected chi connectivity index (χ2v) is 4.88. The van der Waals surface area contributed by atoms with Gasteiger partial charge in [0.2, 0.25) is 0 Å². The molecule has 0 spiro atoms. The summed E-state index contributed by atoms with van der Waals surface area (Å²) < 4.78 is 5.17. The van der Waals surface area contributed by atoms with E-state index >= 15 is 0 Å². The van der Waals surface area contributed by atoms with Crippen LogP contribution in [0.1, 0.15) is 38.8 Å². The third kappa shape index (κ3) is 7.11. The van der Waals surface area contributed by atoms with E-state index < -0.39 is 0 Å². The fraction of sp³-hybridized carbons (Fsp3) is 0.562. The van der Waals surface area contributed by atoms with Gasteiger partial charge in [0.15, 0.2) is 0 Å². The molecule has 0 aliphatic heterocycles. The summed E-state index contributed by atoms with van der Waals surface area (Å²) in [7, 11) is 0. The molecule has 5 heteroatoms. The quantitative estimate of drug-likeness (QED) is 0.613. The van der Waals surface area contributed by atoms with E-state index in [1.54, 1.807) is 0 Å². The molecule has 118 valence electrons. The fourth-order valence-corrected chi connectivity index (χ4v) is 1.92. The number of urea groups is 1. The first-order chi connectivity index (χ1) is 10.2. The van der Waals surface area contributed by atoms with Gasteiger partial charge in [0, 0.05) is 24.9 Å². The summed E-state index contributed by atoms with van der Waals surface area (Å²) in [5.41, 5.74) is 1.96. The van der Waals surface area contributed by atoms with Crippen molar-refractivity contribution in [1.29, 1.82) is 0 Å². The molecule has 0 radical (unpaired) electrons. The van der Waals surface area contributed by atoms with Crippen LogP contribution in [0.5, 0.6) is 0 Å². The molecule has 1 aromatic rings. The van der Waals surface area contributed by atoms with E-state index in [4.69, 9.17) is 4.74 Å². The molecular formula is C16H27N3O2. The average molecular weight is 293 g/mol. The van der Waals surface area contributed by atoms with Crippen LogP contribution in [0.4, 0.5) is 10.5 Å². The first-order valence-electron chi connectivity index (χ1n) is 7.63. The van der Waals surface area contributed by atoms with Crippen LogP contribution < -0.4 is 16.0 Å². The van der Waals surface area contributed by atoms with E-state index in [2.05, 4.69) is 35.9 Å². The van der Waals surface area contributed by atoms with Crippen molar-refractivity contribution in [3.63, 3.8) is 0 Å². The highest BCUT2D eigenvalue weighted by molar-refractivity contribution is 5.89. The summed E-state index contributed by atoms with van der Waals surface area (Å²) in [6.07, 6.45) is 1.10. The van der Waals surface area contributed by atoms with Gasteiger partial charge in [-0.05, 0) is 44.5 Å². The van der Waals surface area contributed by atoms with Gasteiger partial charge in [0.25, 0.3) is 0 Å². The van der Waals surface area contributed by atoms with E-state index in [-0.39, 0.29) is 12.1 Å². The van der Waals surface area contributed by atoms with Crippen molar-refractivity contribution < 1.29 is 9.53 Å². The monoisotopic (exact) mass is 293 g/mol. The van der Waals surface area contributed by atoms with Crippen molar-refractivity contribution in [3.8, 4) is 0 Å². The van der Waals surface area contributed by atoms with Crippen LogP contribution >= 0.6 is 0 Å². The summed E-state index contributed by atoms with van der Waals surface area (Å²) in [6, 6.07) is 7.96. The molecule has 0 bridgehead atoms. The summed E-state index contributed by atoms with van der Waals surface area (Å²) in [5.74, 6) is 0. The Morgan fingerprint density at radius 3 is 2.81 bits per heavy atom. The number of amides is 2. The van der Waals surface area contributed by atoms with Crippen LogP contribution in [0.25, 0.3) is 0 Å². The van der Waals surface area contributed by atoms with Crippen LogP contribution in [0.15, 0.2) is 24.3 Å². The minimum absolute atomic E-state index is 0.207. The van der Waals surface area contributed by atoms with Gasteiger partial charge in [0.05, 0.1) is 6.61 Å². The Kier molecular flexibility index (Phi) is 8.47. The van der Waals surface area contributed by atoms with Gasteiger partial charge in [-0.25, -0.2) is 4.79 Å². The third-order valence-electron chi connectivity index (χ3n) is 3.08. The maximum atomic E-state index is 11.7. The number of hydrogen-bond acceptors (Lipinski definition) is 3. The molecule has 0 aliphatic rings. The third-order valence-corrected chi connectivity index (χ3v) is 3.08. The number of hydrogen-bond donors (Lipinski definition) is 3. The van der Waals surface area contributed by atoms with Crippen molar-refractivity contribution in [2.75, 3.05) is 31.6 Å². The topological polar surface area (TPSA) is 62.4 Å². The number of anilines is 1. The molecule has 1 atom stereocenters. The molecule has 0 saturated heterocycles. The first-order valence-corrected chi connectivity index (χ1v) is 7.63. The van der Waals surface area contributed by atoms with Crippen LogP contribution in [0.2, 0.25) is 0 Å². The van der Waals surface area contributed by atoms with E-state index in [0.717, 1.165) is 24.2 Å². The van der Waals surface area contributed by atoms with Crippen molar-refractivity contribution >= 4 is 11.7 Å². The molecule has 0 aromatic heterocycles. The Bertz CT molecular complexity index is 424. The number of rotatable bonds is 9. The molecule has 5 nitrogen and oxygen atoms in total. The van der Waals surface area contributed by atoms with Crippen LogP contribution in [0.3, 0.4) is 0 Å². The van der Waals surface area contributed by atoms with Crippen molar-refractivity contribution in [1.82, 2.24) is 10.6 Å². The SMILES string of the molecule is CCCNC(C)c1cccc(NC(=O)NCCOCC)c1. The summed E-state index contributed by atoms with van der Waals surface area (Å²) in [5, 5.41) is 9.03. The standard InChI is InChI=1S/C16H27N3O2/c1-4-9-17-13(3)14-7-6-8-15(12-14)19-16(20)18-10-11-21-5-2/h6-8,12-13,17H,4-5,9-11H2,1-3H3,(H2,18,19,20). The van der Waals surface area contributed by atoms with Gasteiger partial charge in [-0.1, -0.05) is 19.1 Å². The van der Waals surface area contributed by atoms with Gasteiger partial charge in [0.1, 0.15) is 0 Å². The first kappa shape index (κ1) is 17.5. The summed E-state index contributed by atoms with van der Waals surface area (Å²) >= 11 is 0. The highest BCUT2D eigenvalue weighted by Gasteiger charge is 2.06. The Morgan fingerprint density at radius 2 is 2.10 bits per heavy atom. The zero-order chi connectivity index (χ0) is 15.5. The molecule has 3 N–H and O–H groups in total. The van der Waals surface area contributed by atoms with E-state index in [9.17, 15) is 4.79 Å². The maximum Gasteiger partial charge on any atom is 0.319 e. The highest BCUT2D eigenvalue weighted by atomic mass is 16.5. The van der Waals surface area contributed by atoms with Crippen molar-refractivity contribution in [3.05, 3.63) is 29.8 Å². The zero-order valence-electron chi connectivity index (χ0n) is 13.2. The number of nitrogens with one attached hydrogen (secondary N) is 3. The number of benzene rings is 1. The molecule has 0 saturated carbocycles. The molecule has 0 heterocycles. The number of carbonyl (C=O) groups is 1. The lowest BCUT2D eigenvalue weighted by Crippen LogP contribution is -2.31. The summed E-state index contributed by atoms with van der Waals surface area (Å²) in [6.45, 7) is 8.88. The second kappa shape index (κ2) is 10.2. The molecule has 2 amide bonds. The minimum Gasteiger partial charge on any atom is -0.380 e. The molecule has 1 aromatic carbocycles. The van der Waals surface area contributed by atoms with Gasteiger partial charge in [-0.15, -0.1) is 0 Å². The molecule has 21 heavy (non-hydrogen) atoms. The maximum absolute atomic E-state index is 11.7. The number of ether oxygens (including phenoxy) is 1. The highest BCUT2D eigenvalue weighted by Crippen LogP contribution is 2.17. The molecule has 1 unspecified atom stereocenters. The zero-order valence-corrected chi connectivity index (χ0v) is 13.2. The smallest absolute Gasteiger partial charge is 0.319 e. The Hall–Kier alpha value is -1.59. The van der Waals surface area contributed by atoms with Crippen molar-refractivity contribution in [2.45, 2.75) is 33.2 Å². The van der Waals surface area contributed by atoms with Gasteiger partial charge in [-0.3, -0.25) is 0 Å². The Labute approximate surface area is 127 Å². The van der Waals surface area contributed by atoms with E-state index in [0.29, 0.717) is 19.8 Å². The van der Waals surface area contributed by atoms with Crippen LogP contribution in [-0.2, 0) is 4.74 Å². The lowest BCUT2D eigenvalue weighted by Gasteiger charge is -2.15. The normalized spacial score (nSPS) is 12.0. The van der Waals surface area contributed by atoms with Crippen LogP contribution in [0, 0.1) is 0 Å². The summed E-state index contributed by atoms with van der Waals surface area (Å²) in [4.78, 5) is 11.7. The van der Waals surface area contributed by atoms with Crippen molar-refractivity contribution in [2.24, 2.45) is 0 Å². The van der Waals surface area contributed by atoms with Crippen LogP contribution in [-0.4, -0.2) is 32.3 Å². The predicted octanol–water partition coefficient (Wildman–Crippen LogP) is 2.91. The Morgan fingerprint density at radius 1 is 1.29 bits per heavy atom. The molecule has 0 fully saturated rings.